The number of unbranched alkanes of at least 4 members (excludes halogenated alkanes) is 12. The van der Waals surface area contributed by atoms with E-state index in [0.29, 0.717) is 25.5 Å². The number of halogens is 1. The molecule has 0 aromatic heterocycles. The molecule has 2 aliphatic rings. The number of nitrogens with zero attached hydrogens (tertiary/aromatic N) is 1. The van der Waals surface area contributed by atoms with Crippen LogP contribution in [-0.4, -0.2) is 76.3 Å². The van der Waals surface area contributed by atoms with Crippen molar-refractivity contribution in [2.75, 3.05) is 46.5 Å². The Morgan fingerprint density at radius 3 is 2.00 bits per heavy atom. The van der Waals surface area contributed by atoms with Crippen molar-refractivity contribution in [3.8, 4) is 0 Å². The summed E-state index contributed by atoms with van der Waals surface area (Å²) in [5.74, 6) is 0.122. The zero-order valence-corrected chi connectivity index (χ0v) is 34.4. The second-order valence-corrected chi connectivity index (χ2v) is 20.1. The Bertz CT molecular complexity index is 1150. The third-order valence-electron chi connectivity index (χ3n) is 10.8. The minimum absolute atomic E-state index is 0.00553. The molecule has 1 N–H and O–H groups in total. The number of hydrogen-bond acceptors (Lipinski definition) is 7. The van der Waals surface area contributed by atoms with Crippen LogP contribution in [0.25, 0.3) is 0 Å². The predicted octanol–water partition coefficient (Wildman–Crippen LogP) is 9.11. The normalized spacial score (nSPS) is 22.8. The van der Waals surface area contributed by atoms with Crippen molar-refractivity contribution >= 4 is 39.2 Å². The molecular weight excluding hydrogens is 743 g/mol. The summed E-state index contributed by atoms with van der Waals surface area (Å²) < 4.78 is 15.5. The number of amides is 1. The number of hydrogen-bond donors (Lipinski definition) is 1. The Labute approximate surface area is 314 Å². The molecular formula is C41H69IN2O6. The van der Waals surface area contributed by atoms with E-state index in [4.69, 9.17) is 14.2 Å². The average molecular weight is 813 g/mol. The first-order valence-corrected chi connectivity index (χ1v) is 22.1. The van der Waals surface area contributed by atoms with Gasteiger partial charge in [-0.3, -0.25) is 0 Å². The fourth-order valence-corrected chi connectivity index (χ4v) is 12.6. The van der Waals surface area contributed by atoms with Gasteiger partial charge in [-0.05, 0) is 24.3 Å². The topological polar surface area (TPSA) is 94.2 Å². The number of carbonyl (C=O) groups is 3. The van der Waals surface area contributed by atoms with Crippen molar-refractivity contribution < 1.29 is 28.6 Å². The molecule has 1 amide bonds. The second-order valence-electron chi connectivity index (χ2n) is 15.2. The number of benzene rings is 1. The SMILES string of the molecule is CCCCCCCCCCCCCCC(Cc1ccccc1)CN(C)CCNC(=O)OCCOC(=O)C1(C)[IH]C12CC2(C)C(=O)OCCCC. The maximum atomic E-state index is 12.9. The van der Waals surface area contributed by atoms with Crippen LogP contribution >= 0.6 is 21.2 Å². The quantitative estimate of drug-likeness (QED) is 0.0297. The molecule has 1 saturated carbocycles. The first-order chi connectivity index (χ1) is 24.1. The number of rotatable bonds is 28. The molecule has 4 atom stereocenters. The van der Waals surface area contributed by atoms with Gasteiger partial charge in [-0.15, -0.1) is 0 Å². The van der Waals surface area contributed by atoms with Crippen LogP contribution in [-0.2, 0) is 30.2 Å². The maximum absolute atomic E-state index is 12.9. The fraction of sp³-hybridized carbons (Fsp3) is 0.780. The standard InChI is InChI=1S/C41H69IN2O6/c1-6-8-10-11-12-13-14-15-16-17-18-20-25-35(31-34-23-21-19-22-24-34)32-44(5)27-26-43-38(47)50-30-29-49-37(46)40(4)41(42-40)33-39(41,3)36(45)48-28-9-7-2/h19,21-24,35,42H,6-18,20,25-33H2,1-5H3,(H,43,47). The summed E-state index contributed by atoms with van der Waals surface area (Å²) in [4.78, 5) is 40.2. The van der Waals surface area contributed by atoms with Gasteiger partial charge in [0.2, 0.25) is 0 Å². The Hall–Kier alpha value is -1.88. The van der Waals surface area contributed by atoms with Crippen molar-refractivity contribution in [3.63, 3.8) is 0 Å². The van der Waals surface area contributed by atoms with E-state index in [1.165, 1.54) is 89.0 Å². The molecule has 4 unspecified atom stereocenters. The molecule has 8 nitrogen and oxygen atoms in total. The number of ether oxygens (including phenoxy) is 3. The molecule has 0 bridgehead atoms. The van der Waals surface area contributed by atoms with Gasteiger partial charge in [0.05, 0.1) is 0 Å². The third-order valence-corrected chi connectivity index (χ3v) is 16.7. The molecule has 0 radical (unpaired) electrons. The van der Waals surface area contributed by atoms with Crippen molar-refractivity contribution in [1.82, 2.24) is 10.2 Å². The van der Waals surface area contributed by atoms with E-state index in [1.54, 1.807) is 0 Å². The predicted molar refractivity (Wildman–Crippen MR) is 212 cm³/mol. The van der Waals surface area contributed by atoms with Gasteiger partial charge in [-0.2, -0.15) is 0 Å². The van der Waals surface area contributed by atoms with Crippen LogP contribution in [0.15, 0.2) is 30.3 Å². The summed E-state index contributed by atoms with van der Waals surface area (Å²) in [6.45, 7) is 10.9. The monoisotopic (exact) mass is 812 g/mol. The Morgan fingerprint density at radius 2 is 1.36 bits per heavy atom. The first kappa shape index (κ1) is 42.5. The van der Waals surface area contributed by atoms with E-state index < -0.39 is 36.1 Å². The van der Waals surface area contributed by atoms with Crippen molar-refractivity contribution in [3.05, 3.63) is 35.9 Å². The number of alkyl halides is 2. The average Bonchev–Trinajstić information content (AvgIpc) is 3.94. The number of nitrogens with one attached hydrogen (secondary N) is 1. The number of esters is 2. The number of alkyl carbamates (subject to hydrolysis) is 1. The molecule has 9 heteroatoms. The van der Waals surface area contributed by atoms with E-state index in [9.17, 15) is 14.4 Å². The van der Waals surface area contributed by atoms with Gasteiger partial charge in [-0.1, -0.05) is 114 Å². The molecule has 1 saturated heterocycles. The molecule has 1 spiro atoms. The summed E-state index contributed by atoms with van der Waals surface area (Å²) >= 11 is -0.718. The van der Waals surface area contributed by atoms with Crippen molar-refractivity contribution in [2.24, 2.45) is 11.3 Å². The fourth-order valence-electron chi connectivity index (χ4n) is 7.35. The van der Waals surface area contributed by atoms with Crippen LogP contribution < -0.4 is 5.32 Å². The summed E-state index contributed by atoms with van der Waals surface area (Å²) in [7, 11) is 2.12. The van der Waals surface area contributed by atoms with Gasteiger partial charge in [0.1, 0.15) is 0 Å². The molecule has 3 rings (SSSR count). The van der Waals surface area contributed by atoms with Crippen LogP contribution in [0, 0.1) is 11.3 Å². The van der Waals surface area contributed by atoms with Gasteiger partial charge in [0, 0.05) is 0 Å². The molecule has 1 aromatic rings. The molecule has 1 aliphatic heterocycles. The van der Waals surface area contributed by atoms with E-state index in [0.717, 1.165) is 32.4 Å². The summed E-state index contributed by atoms with van der Waals surface area (Å²) in [6.07, 6.45) is 20.7. The third kappa shape index (κ3) is 13.3. The van der Waals surface area contributed by atoms with Crippen LogP contribution in [0.2, 0.25) is 0 Å². The zero-order chi connectivity index (χ0) is 36.3. The van der Waals surface area contributed by atoms with Gasteiger partial charge in [0.25, 0.3) is 0 Å². The van der Waals surface area contributed by atoms with Gasteiger partial charge in [-0.25, -0.2) is 0 Å². The summed E-state index contributed by atoms with van der Waals surface area (Å²) in [5, 5.41) is 2.84. The molecule has 50 heavy (non-hydrogen) atoms. The second kappa shape index (κ2) is 22.2. The van der Waals surface area contributed by atoms with Gasteiger partial charge in [0.15, 0.2) is 0 Å². The Kier molecular flexibility index (Phi) is 18.9. The van der Waals surface area contributed by atoms with E-state index in [1.807, 2.05) is 13.8 Å². The van der Waals surface area contributed by atoms with Crippen LogP contribution in [0.3, 0.4) is 0 Å². The van der Waals surface area contributed by atoms with Crippen molar-refractivity contribution in [1.29, 1.82) is 0 Å². The van der Waals surface area contributed by atoms with Crippen LogP contribution in [0.5, 0.6) is 0 Å². The van der Waals surface area contributed by atoms with Crippen molar-refractivity contribution in [2.45, 2.75) is 144 Å². The van der Waals surface area contributed by atoms with E-state index in [2.05, 4.69) is 61.4 Å². The summed E-state index contributed by atoms with van der Waals surface area (Å²) in [5.41, 5.74) is 0.824. The zero-order valence-electron chi connectivity index (χ0n) is 32.0. The minimum atomic E-state index is -0.718. The van der Waals surface area contributed by atoms with E-state index in [-0.39, 0.29) is 28.6 Å². The Balaban J connectivity index is 1.26. The van der Waals surface area contributed by atoms with Crippen LogP contribution in [0.1, 0.15) is 136 Å². The molecule has 1 aromatic carbocycles. The van der Waals surface area contributed by atoms with Crippen LogP contribution in [0.4, 0.5) is 4.79 Å². The molecule has 2 fully saturated rings. The molecule has 1 aliphatic carbocycles. The molecule has 1 heterocycles. The Morgan fingerprint density at radius 1 is 0.780 bits per heavy atom. The summed E-state index contributed by atoms with van der Waals surface area (Å²) in [6, 6.07) is 10.8. The van der Waals surface area contributed by atoms with E-state index >= 15 is 0 Å². The first-order valence-electron chi connectivity index (χ1n) is 19.8. The molecule has 286 valence electrons. The van der Waals surface area contributed by atoms with Gasteiger partial charge < -0.3 is 0 Å². The number of carbonyl (C=O) groups excluding carboxylic acids is 3. The number of likely N-dealkylation sites (N-methyl/N-ethyl adjacent to an activating group) is 1. The van der Waals surface area contributed by atoms with Gasteiger partial charge >= 0.3 is 177 Å².